The molecule has 0 saturated heterocycles. The number of hydrogen-bond donors (Lipinski definition) is 3. The molecular weight excluding hydrogens is 418 g/mol. The molecule has 24 heavy (non-hydrogen) atoms. The molecule has 0 aromatic heterocycles. The monoisotopic (exact) mass is 442 g/mol. The van der Waals surface area contributed by atoms with Crippen molar-refractivity contribution >= 4 is 41.3 Å². The van der Waals surface area contributed by atoms with Crippen LogP contribution in [0.15, 0.2) is 53.5 Å². The van der Waals surface area contributed by atoms with Gasteiger partial charge in [-0.15, -0.1) is 24.0 Å². The molecule has 4 nitrogen and oxygen atoms in total. The number of hydrogen-bond acceptors (Lipinski definition) is 2. The van der Waals surface area contributed by atoms with Crippen LogP contribution in [0.3, 0.4) is 0 Å². The van der Waals surface area contributed by atoms with E-state index in [0.717, 1.165) is 24.2 Å². The van der Waals surface area contributed by atoms with Crippen LogP contribution in [0.5, 0.6) is 0 Å². The SMILES string of the molecule is CCc1cccc(NC(N)=NCCCNc2cccc(F)c2)c1.I. The van der Waals surface area contributed by atoms with Crippen molar-refractivity contribution in [2.75, 3.05) is 23.7 Å². The van der Waals surface area contributed by atoms with Crippen LogP contribution in [0.2, 0.25) is 0 Å². The summed E-state index contributed by atoms with van der Waals surface area (Å²) in [6.45, 7) is 3.43. The van der Waals surface area contributed by atoms with Gasteiger partial charge in [0.15, 0.2) is 5.96 Å². The minimum absolute atomic E-state index is 0. The quantitative estimate of drug-likeness (QED) is 0.260. The second kappa shape index (κ2) is 10.9. The smallest absolute Gasteiger partial charge is 0.193 e. The van der Waals surface area contributed by atoms with Crippen molar-refractivity contribution in [1.82, 2.24) is 0 Å². The molecule has 0 radical (unpaired) electrons. The van der Waals surface area contributed by atoms with Gasteiger partial charge in [0, 0.05) is 24.5 Å². The van der Waals surface area contributed by atoms with Crippen molar-refractivity contribution in [1.29, 1.82) is 0 Å². The lowest BCUT2D eigenvalue weighted by atomic mass is 10.1. The molecule has 0 amide bonds. The average Bonchev–Trinajstić information content (AvgIpc) is 2.55. The Balaban J connectivity index is 0.00000288. The van der Waals surface area contributed by atoms with Crippen LogP contribution in [-0.2, 0) is 6.42 Å². The third-order valence-corrected chi connectivity index (χ3v) is 3.38. The summed E-state index contributed by atoms with van der Waals surface area (Å²) in [5.74, 6) is 0.166. The van der Waals surface area contributed by atoms with E-state index in [1.54, 1.807) is 6.07 Å². The Kier molecular flexibility index (Phi) is 9.14. The number of nitrogens with zero attached hydrogens (tertiary/aromatic N) is 1. The number of halogens is 2. The number of rotatable bonds is 7. The largest absolute Gasteiger partial charge is 0.385 e. The molecule has 2 aromatic rings. The normalized spacial score (nSPS) is 10.8. The van der Waals surface area contributed by atoms with Crippen LogP contribution in [0.25, 0.3) is 0 Å². The van der Waals surface area contributed by atoms with E-state index in [1.807, 2.05) is 18.2 Å². The van der Waals surface area contributed by atoms with Gasteiger partial charge in [-0.1, -0.05) is 25.1 Å². The maximum atomic E-state index is 13.0. The number of benzene rings is 2. The van der Waals surface area contributed by atoms with E-state index in [4.69, 9.17) is 5.73 Å². The van der Waals surface area contributed by atoms with Gasteiger partial charge in [0.05, 0.1) is 0 Å². The van der Waals surface area contributed by atoms with E-state index in [2.05, 4.69) is 34.7 Å². The van der Waals surface area contributed by atoms with Gasteiger partial charge in [-0.3, -0.25) is 4.99 Å². The van der Waals surface area contributed by atoms with E-state index in [9.17, 15) is 4.39 Å². The Hall–Kier alpha value is -1.83. The van der Waals surface area contributed by atoms with Gasteiger partial charge < -0.3 is 16.4 Å². The van der Waals surface area contributed by atoms with Gasteiger partial charge in [0.1, 0.15) is 5.82 Å². The van der Waals surface area contributed by atoms with Crippen molar-refractivity contribution in [3.63, 3.8) is 0 Å². The van der Waals surface area contributed by atoms with E-state index >= 15 is 0 Å². The van der Waals surface area contributed by atoms with E-state index < -0.39 is 0 Å². The minimum Gasteiger partial charge on any atom is -0.385 e. The van der Waals surface area contributed by atoms with E-state index in [-0.39, 0.29) is 29.8 Å². The van der Waals surface area contributed by atoms with Crippen LogP contribution in [0, 0.1) is 5.82 Å². The number of anilines is 2. The zero-order valence-corrected chi connectivity index (χ0v) is 16.1. The van der Waals surface area contributed by atoms with Crippen molar-refractivity contribution in [2.24, 2.45) is 10.7 Å². The molecule has 0 aliphatic rings. The summed E-state index contributed by atoms with van der Waals surface area (Å²) in [5, 5.41) is 6.24. The van der Waals surface area contributed by atoms with Crippen molar-refractivity contribution < 1.29 is 4.39 Å². The molecule has 0 unspecified atom stereocenters. The maximum absolute atomic E-state index is 13.0. The Morgan fingerprint density at radius 3 is 2.62 bits per heavy atom. The zero-order chi connectivity index (χ0) is 16.5. The van der Waals surface area contributed by atoms with E-state index in [1.165, 1.54) is 17.7 Å². The summed E-state index contributed by atoms with van der Waals surface area (Å²) in [5.41, 5.74) is 8.85. The number of nitrogens with one attached hydrogen (secondary N) is 2. The lowest BCUT2D eigenvalue weighted by molar-refractivity contribution is 0.628. The first kappa shape index (κ1) is 20.2. The number of guanidine groups is 1. The first-order valence-electron chi connectivity index (χ1n) is 7.82. The maximum Gasteiger partial charge on any atom is 0.193 e. The summed E-state index contributed by atoms with van der Waals surface area (Å²) in [6.07, 6.45) is 1.80. The van der Waals surface area contributed by atoms with Gasteiger partial charge in [0.2, 0.25) is 0 Å². The first-order valence-corrected chi connectivity index (χ1v) is 7.82. The Morgan fingerprint density at radius 2 is 1.88 bits per heavy atom. The molecule has 0 atom stereocenters. The Labute approximate surface area is 159 Å². The third-order valence-electron chi connectivity index (χ3n) is 3.38. The Morgan fingerprint density at radius 1 is 1.12 bits per heavy atom. The molecule has 2 rings (SSSR count). The lowest BCUT2D eigenvalue weighted by Crippen LogP contribution is -2.23. The molecule has 2 aromatic carbocycles. The summed E-state index contributed by atoms with van der Waals surface area (Å²) in [7, 11) is 0. The van der Waals surface area contributed by atoms with E-state index in [0.29, 0.717) is 19.0 Å². The fraction of sp³-hybridized carbons (Fsp3) is 0.278. The van der Waals surface area contributed by atoms with Gasteiger partial charge >= 0.3 is 0 Å². The van der Waals surface area contributed by atoms with Crippen LogP contribution in [-0.4, -0.2) is 19.0 Å². The number of nitrogens with two attached hydrogens (primary N) is 1. The molecule has 0 spiro atoms. The molecule has 0 bridgehead atoms. The molecule has 4 N–H and O–H groups in total. The van der Waals surface area contributed by atoms with Gasteiger partial charge in [-0.2, -0.15) is 0 Å². The van der Waals surface area contributed by atoms with Gasteiger partial charge in [0.25, 0.3) is 0 Å². The molecule has 0 heterocycles. The molecule has 0 aliphatic carbocycles. The van der Waals surface area contributed by atoms with Crippen molar-refractivity contribution in [3.8, 4) is 0 Å². The van der Waals surface area contributed by atoms with Crippen molar-refractivity contribution in [3.05, 3.63) is 59.9 Å². The second-order valence-electron chi connectivity index (χ2n) is 5.24. The van der Waals surface area contributed by atoms with Crippen LogP contribution in [0.4, 0.5) is 15.8 Å². The third kappa shape index (κ3) is 7.16. The van der Waals surface area contributed by atoms with Gasteiger partial charge in [-0.05, 0) is 48.7 Å². The zero-order valence-electron chi connectivity index (χ0n) is 13.8. The molecule has 0 aliphatic heterocycles. The minimum atomic E-state index is -0.240. The number of aliphatic imine (C=N–C) groups is 1. The average molecular weight is 442 g/mol. The molecular formula is C18H24FIN4. The Bertz CT molecular complexity index is 661. The highest BCUT2D eigenvalue weighted by Gasteiger charge is 1.97. The van der Waals surface area contributed by atoms with Crippen molar-refractivity contribution in [2.45, 2.75) is 19.8 Å². The number of aryl methyl sites for hydroxylation is 1. The summed E-state index contributed by atoms with van der Waals surface area (Å²) >= 11 is 0. The lowest BCUT2D eigenvalue weighted by Gasteiger charge is -2.08. The standard InChI is InChI=1S/C18H23FN4.HI/c1-2-14-6-3-9-17(12-14)23-18(20)22-11-5-10-21-16-8-4-7-15(19)13-16;/h3-4,6-9,12-13,21H,2,5,10-11H2,1H3,(H3,20,22,23);1H. The summed E-state index contributed by atoms with van der Waals surface area (Å²) in [4.78, 5) is 4.29. The highest BCUT2D eigenvalue weighted by atomic mass is 127. The summed E-state index contributed by atoms with van der Waals surface area (Å²) < 4.78 is 13.0. The predicted octanol–water partition coefficient (Wildman–Crippen LogP) is 4.23. The summed E-state index contributed by atoms with van der Waals surface area (Å²) in [6, 6.07) is 14.5. The van der Waals surface area contributed by atoms with Gasteiger partial charge in [-0.25, -0.2) is 4.39 Å². The fourth-order valence-electron chi connectivity index (χ4n) is 2.17. The van der Waals surface area contributed by atoms with Crippen LogP contribution in [0.1, 0.15) is 18.9 Å². The van der Waals surface area contributed by atoms with Crippen LogP contribution < -0.4 is 16.4 Å². The fourth-order valence-corrected chi connectivity index (χ4v) is 2.17. The first-order chi connectivity index (χ1) is 11.2. The molecule has 6 heteroatoms. The van der Waals surface area contributed by atoms with Crippen LogP contribution >= 0.6 is 24.0 Å². The molecule has 130 valence electrons. The predicted molar refractivity (Wildman–Crippen MR) is 111 cm³/mol. The highest BCUT2D eigenvalue weighted by molar-refractivity contribution is 14.0. The topological polar surface area (TPSA) is 62.4 Å². The second-order valence-corrected chi connectivity index (χ2v) is 5.24. The molecule has 0 saturated carbocycles. The molecule has 0 fully saturated rings. The highest BCUT2D eigenvalue weighted by Crippen LogP contribution is 2.11.